The quantitative estimate of drug-likeness (QED) is 0.565. The van der Waals surface area contributed by atoms with Gasteiger partial charge < -0.3 is 0 Å². The van der Waals surface area contributed by atoms with E-state index in [0.717, 1.165) is 29.8 Å². The second kappa shape index (κ2) is 5.70. The molecule has 0 N–H and O–H groups in total. The van der Waals surface area contributed by atoms with E-state index in [9.17, 15) is 0 Å². The largest absolute Gasteiger partial charge is 0.263 e. The summed E-state index contributed by atoms with van der Waals surface area (Å²) in [6.07, 6.45) is 11.3. The Morgan fingerprint density at radius 1 is 1.38 bits per heavy atom. The Hall–Kier alpha value is -0.530. The fraction of sp³-hybridized carbons (Fsp3) is 0.462. The van der Waals surface area contributed by atoms with Gasteiger partial charge in [0.25, 0.3) is 0 Å². The Kier molecular flexibility index (Phi) is 4.25. The number of hydrogen-bond donors (Lipinski definition) is 0. The summed E-state index contributed by atoms with van der Waals surface area (Å²) >= 11 is 12.3. The zero-order valence-corrected chi connectivity index (χ0v) is 10.6. The summed E-state index contributed by atoms with van der Waals surface area (Å²) in [5.41, 5.74) is 2.55. The molecule has 0 aliphatic heterocycles. The van der Waals surface area contributed by atoms with Gasteiger partial charge >= 0.3 is 0 Å². The molecule has 1 aromatic rings. The van der Waals surface area contributed by atoms with E-state index in [0.29, 0.717) is 0 Å². The molecule has 0 saturated carbocycles. The van der Waals surface area contributed by atoms with Gasteiger partial charge in [0.15, 0.2) is 0 Å². The van der Waals surface area contributed by atoms with Crippen molar-refractivity contribution in [3.63, 3.8) is 0 Å². The Morgan fingerprint density at radius 2 is 2.25 bits per heavy atom. The molecule has 16 heavy (non-hydrogen) atoms. The normalized spacial score (nSPS) is 21.4. The Morgan fingerprint density at radius 3 is 3.06 bits per heavy atom. The molecule has 0 bridgehead atoms. The number of pyridine rings is 1. The molecule has 0 saturated heterocycles. The minimum absolute atomic E-state index is 0.193. The monoisotopic (exact) mass is 255 g/mol. The van der Waals surface area contributed by atoms with Crippen LogP contribution in [0.4, 0.5) is 0 Å². The third-order valence-corrected chi connectivity index (χ3v) is 3.60. The third-order valence-electron chi connectivity index (χ3n) is 2.92. The van der Waals surface area contributed by atoms with Gasteiger partial charge in [-0.15, -0.1) is 11.6 Å². The van der Waals surface area contributed by atoms with Crippen LogP contribution in [0.1, 0.15) is 31.2 Å². The average Bonchev–Trinajstić information content (AvgIpc) is 2.46. The molecular formula is C13H15Cl2N. The predicted octanol–water partition coefficient (Wildman–Crippen LogP) is 4.39. The second-order valence-electron chi connectivity index (χ2n) is 4.23. The van der Waals surface area contributed by atoms with Crippen LogP contribution in [0.15, 0.2) is 30.1 Å². The van der Waals surface area contributed by atoms with Gasteiger partial charge in [-0.3, -0.25) is 4.98 Å². The molecule has 1 aliphatic carbocycles. The smallest absolute Gasteiger partial charge is 0.0624 e. The van der Waals surface area contributed by atoms with Crippen molar-refractivity contribution < 1.29 is 0 Å². The fourth-order valence-electron chi connectivity index (χ4n) is 2.05. The maximum atomic E-state index is 6.20. The van der Waals surface area contributed by atoms with Gasteiger partial charge in [0, 0.05) is 12.4 Å². The number of hydrogen-bond acceptors (Lipinski definition) is 1. The van der Waals surface area contributed by atoms with Crippen molar-refractivity contribution >= 4 is 23.2 Å². The van der Waals surface area contributed by atoms with Crippen molar-refractivity contribution in [3.8, 4) is 0 Å². The summed E-state index contributed by atoms with van der Waals surface area (Å²) in [6.45, 7) is 0. The minimum atomic E-state index is 0.193. The van der Waals surface area contributed by atoms with E-state index in [1.165, 1.54) is 18.4 Å². The van der Waals surface area contributed by atoms with E-state index in [-0.39, 0.29) is 5.38 Å². The molecule has 0 radical (unpaired) electrons. The third kappa shape index (κ3) is 3.23. The Bertz CT molecular complexity index is 387. The van der Waals surface area contributed by atoms with Gasteiger partial charge in [0.05, 0.1) is 10.4 Å². The first-order chi connectivity index (χ1) is 7.75. The molecule has 0 aromatic carbocycles. The first-order valence-corrected chi connectivity index (χ1v) is 6.49. The highest BCUT2D eigenvalue weighted by Gasteiger charge is 2.11. The Labute approximate surface area is 106 Å². The van der Waals surface area contributed by atoms with Crippen molar-refractivity contribution in [2.75, 3.05) is 0 Å². The highest BCUT2D eigenvalue weighted by molar-refractivity contribution is 6.31. The maximum absolute atomic E-state index is 6.20. The topological polar surface area (TPSA) is 12.9 Å². The first kappa shape index (κ1) is 11.9. The van der Waals surface area contributed by atoms with Gasteiger partial charge in [-0.05, 0) is 37.3 Å². The molecule has 0 spiro atoms. The van der Waals surface area contributed by atoms with Crippen LogP contribution in [-0.2, 0) is 6.42 Å². The minimum Gasteiger partial charge on any atom is -0.263 e. The van der Waals surface area contributed by atoms with E-state index >= 15 is 0 Å². The van der Waals surface area contributed by atoms with Gasteiger partial charge in [0.2, 0.25) is 0 Å². The summed E-state index contributed by atoms with van der Waals surface area (Å²) in [5.74, 6) is 0. The summed E-state index contributed by atoms with van der Waals surface area (Å²) in [4.78, 5) is 3.99. The summed E-state index contributed by atoms with van der Waals surface area (Å²) in [7, 11) is 0. The summed E-state index contributed by atoms with van der Waals surface area (Å²) in [6, 6.07) is 1.98. The molecular weight excluding hydrogens is 241 g/mol. The number of rotatable bonds is 2. The zero-order chi connectivity index (χ0) is 11.4. The lowest BCUT2D eigenvalue weighted by Gasteiger charge is -2.07. The zero-order valence-electron chi connectivity index (χ0n) is 9.13. The van der Waals surface area contributed by atoms with Crippen molar-refractivity contribution in [3.05, 3.63) is 40.7 Å². The van der Waals surface area contributed by atoms with E-state index in [4.69, 9.17) is 23.2 Å². The molecule has 1 aromatic heterocycles. The van der Waals surface area contributed by atoms with Gasteiger partial charge in [-0.25, -0.2) is 0 Å². The molecule has 3 heteroatoms. The maximum Gasteiger partial charge on any atom is 0.0624 e. The van der Waals surface area contributed by atoms with Crippen LogP contribution in [0.2, 0.25) is 5.02 Å². The van der Waals surface area contributed by atoms with Crippen LogP contribution in [0.3, 0.4) is 0 Å². The molecule has 86 valence electrons. The number of alkyl halides is 1. The molecule has 1 aliphatic rings. The molecule has 1 heterocycles. The van der Waals surface area contributed by atoms with E-state index in [1.807, 2.05) is 6.07 Å². The number of nitrogens with zero attached hydrogens (tertiary/aromatic N) is 1. The van der Waals surface area contributed by atoms with Gasteiger partial charge in [-0.2, -0.15) is 0 Å². The Balaban J connectivity index is 2.11. The van der Waals surface area contributed by atoms with E-state index in [1.54, 1.807) is 12.4 Å². The van der Waals surface area contributed by atoms with Crippen LogP contribution in [0.25, 0.3) is 0 Å². The standard InChI is InChI=1S/C13H15Cl2N/c14-12-4-2-1-3-10(8-12)7-11-5-6-16-9-13(11)15/h5-6,8-9,12H,1-4,7H2. The van der Waals surface area contributed by atoms with Crippen molar-refractivity contribution in [2.45, 2.75) is 37.5 Å². The second-order valence-corrected chi connectivity index (χ2v) is 5.20. The molecule has 0 amide bonds. The number of aromatic nitrogens is 1. The van der Waals surface area contributed by atoms with Crippen LogP contribution >= 0.6 is 23.2 Å². The number of allylic oxidation sites excluding steroid dienone is 2. The molecule has 2 rings (SSSR count). The lowest BCUT2D eigenvalue weighted by Crippen LogP contribution is -1.95. The molecule has 1 unspecified atom stereocenters. The van der Waals surface area contributed by atoms with Crippen LogP contribution in [0.5, 0.6) is 0 Å². The van der Waals surface area contributed by atoms with E-state index < -0.39 is 0 Å². The highest BCUT2D eigenvalue weighted by Crippen LogP contribution is 2.25. The van der Waals surface area contributed by atoms with Crippen LogP contribution in [-0.4, -0.2) is 10.4 Å². The SMILES string of the molecule is Clc1cnccc1CC1=CC(Cl)CCCC1. The van der Waals surface area contributed by atoms with Gasteiger partial charge in [-0.1, -0.05) is 29.7 Å². The van der Waals surface area contributed by atoms with Gasteiger partial charge in [0.1, 0.15) is 0 Å². The van der Waals surface area contributed by atoms with E-state index in [2.05, 4.69) is 11.1 Å². The molecule has 1 atom stereocenters. The predicted molar refractivity (Wildman–Crippen MR) is 69.1 cm³/mol. The van der Waals surface area contributed by atoms with Crippen LogP contribution in [0, 0.1) is 0 Å². The highest BCUT2D eigenvalue weighted by atomic mass is 35.5. The lowest BCUT2D eigenvalue weighted by atomic mass is 10.0. The van der Waals surface area contributed by atoms with Crippen molar-refractivity contribution in [1.29, 1.82) is 0 Å². The lowest BCUT2D eigenvalue weighted by molar-refractivity contribution is 0.710. The molecule has 1 nitrogen and oxygen atoms in total. The number of halogens is 2. The summed E-state index contributed by atoms with van der Waals surface area (Å²) < 4.78 is 0. The van der Waals surface area contributed by atoms with Crippen molar-refractivity contribution in [1.82, 2.24) is 4.98 Å². The average molecular weight is 256 g/mol. The van der Waals surface area contributed by atoms with Crippen LogP contribution < -0.4 is 0 Å². The fourth-order valence-corrected chi connectivity index (χ4v) is 2.57. The first-order valence-electron chi connectivity index (χ1n) is 5.68. The molecule has 0 fully saturated rings. The summed E-state index contributed by atoms with van der Waals surface area (Å²) in [5, 5.41) is 0.942. The van der Waals surface area contributed by atoms with Crippen molar-refractivity contribution in [2.24, 2.45) is 0 Å².